The van der Waals surface area contributed by atoms with E-state index in [0.29, 0.717) is 21.4 Å². The molecule has 7 heteroatoms. The average molecular weight is 307 g/mol. The largest absolute Gasteiger partial charge is 0.386 e. The van der Waals surface area contributed by atoms with Gasteiger partial charge in [-0.05, 0) is 30.7 Å². The van der Waals surface area contributed by atoms with E-state index in [1.54, 1.807) is 25.1 Å². The molecule has 1 aromatic heterocycles. The minimum Gasteiger partial charge on any atom is -0.386 e. The van der Waals surface area contributed by atoms with Crippen molar-refractivity contribution in [1.82, 2.24) is 14.8 Å². The van der Waals surface area contributed by atoms with Crippen LogP contribution in [0.25, 0.3) is 0 Å². The molecule has 0 aliphatic rings. The molecular weight excluding hydrogens is 296 g/mol. The maximum Gasteiger partial charge on any atom is 0.242 e. The van der Waals surface area contributed by atoms with Gasteiger partial charge in [0.25, 0.3) is 0 Å². The molecule has 1 atom stereocenters. The van der Waals surface area contributed by atoms with Crippen molar-refractivity contribution in [3.05, 3.63) is 44.9 Å². The molecule has 1 aromatic carbocycles. The van der Waals surface area contributed by atoms with Crippen molar-refractivity contribution in [2.24, 2.45) is 0 Å². The lowest BCUT2D eigenvalue weighted by Gasteiger charge is -2.13. The SMILES string of the molecule is Cc1nc(Cl)nn1C[C@@H](O)c1ccc(Cl)cc1Cl. The molecular formula is C11H10Cl3N3O. The van der Waals surface area contributed by atoms with Crippen LogP contribution in [0.15, 0.2) is 18.2 Å². The van der Waals surface area contributed by atoms with E-state index in [1.807, 2.05) is 0 Å². The third-order valence-electron chi connectivity index (χ3n) is 2.50. The predicted molar refractivity (Wildman–Crippen MR) is 71.2 cm³/mol. The maximum atomic E-state index is 10.1. The molecule has 2 aromatic rings. The first-order chi connectivity index (χ1) is 8.47. The van der Waals surface area contributed by atoms with Crippen LogP contribution in [-0.4, -0.2) is 19.9 Å². The summed E-state index contributed by atoms with van der Waals surface area (Å²) in [5.41, 5.74) is 0.590. The topological polar surface area (TPSA) is 50.9 Å². The van der Waals surface area contributed by atoms with Crippen LogP contribution in [0.2, 0.25) is 15.3 Å². The first kappa shape index (κ1) is 13.6. The molecule has 1 N–H and O–H groups in total. The van der Waals surface area contributed by atoms with Gasteiger partial charge in [0.1, 0.15) is 11.9 Å². The number of aromatic nitrogens is 3. The summed E-state index contributed by atoms with van der Waals surface area (Å²) in [5, 5.41) is 15.2. The average Bonchev–Trinajstić information content (AvgIpc) is 2.57. The summed E-state index contributed by atoms with van der Waals surface area (Å²) in [5.74, 6) is 0.629. The summed E-state index contributed by atoms with van der Waals surface area (Å²) in [6.07, 6.45) is -0.800. The number of rotatable bonds is 3. The minimum atomic E-state index is -0.800. The Balaban J connectivity index is 2.21. The Morgan fingerprint density at radius 2 is 2.06 bits per heavy atom. The van der Waals surface area contributed by atoms with Gasteiger partial charge in [-0.3, -0.25) is 0 Å². The molecule has 0 amide bonds. The first-order valence-corrected chi connectivity index (χ1v) is 6.30. The number of hydrogen-bond donors (Lipinski definition) is 1. The molecule has 0 unspecified atom stereocenters. The molecule has 0 aliphatic heterocycles. The molecule has 2 rings (SSSR count). The van der Waals surface area contributed by atoms with Crippen molar-refractivity contribution in [3.8, 4) is 0 Å². The van der Waals surface area contributed by atoms with Crippen molar-refractivity contribution < 1.29 is 5.11 Å². The minimum absolute atomic E-state index is 0.155. The summed E-state index contributed by atoms with van der Waals surface area (Å²) in [4.78, 5) is 3.95. The lowest BCUT2D eigenvalue weighted by molar-refractivity contribution is 0.150. The van der Waals surface area contributed by atoms with Crippen LogP contribution in [0.4, 0.5) is 0 Å². The van der Waals surface area contributed by atoms with Gasteiger partial charge < -0.3 is 5.11 Å². The summed E-state index contributed by atoms with van der Waals surface area (Å²) in [6, 6.07) is 4.94. The smallest absolute Gasteiger partial charge is 0.242 e. The van der Waals surface area contributed by atoms with E-state index in [9.17, 15) is 5.11 Å². The molecule has 18 heavy (non-hydrogen) atoms. The summed E-state index contributed by atoms with van der Waals surface area (Å²) < 4.78 is 1.53. The fourth-order valence-electron chi connectivity index (χ4n) is 1.59. The van der Waals surface area contributed by atoms with Gasteiger partial charge in [0, 0.05) is 15.6 Å². The molecule has 0 spiro atoms. The molecule has 0 fully saturated rings. The van der Waals surface area contributed by atoms with Gasteiger partial charge in [0.05, 0.1) is 6.54 Å². The van der Waals surface area contributed by atoms with Gasteiger partial charge in [-0.2, -0.15) is 0 Å². The van der Waals surface area contributed by atoms with Gasteiger partial charge in [-0.25, -0.2) is 9.67 Å². The predicted octanol–water partition coefficient (Wildman–Crippen LogP) is 3.28. The second-order valence-corrected chi connectivity index (χ2v) is 4.97. The standard InChI is InChI=1S/C11H10Cl3N3O/c1-6-15-11(14)16-17(6)5-10(18)8-3-2-7(12)4-9(8)13/h2-4,10,18H,5H2,1H3/t10-/m1/s1. The Bertz CT molecular complexity index is 571. The van der Waals surface area contributed by atoms with E-state index < -0.39 is 6.10 Å². The Morgan fingerprint density at radius 3 is 2.61 bits per heavy atom. The van der Waals surface area contributed by atoms with Crippen LogP contribution >= 0.6 is 34.8 Å². The second kappa shape index (κ2) is 5.45. The molecule has 4 nitrogen and oxygen atoms in total. The van der Waals surface area contributed by atoms with Crippen molar-refractivity contribution in [3.63, 3.8) is 0 Å². The van der Waals surface area contributed by atoms with Crippen LogP contribution < -0.4 is 0 Å². The van der Waals surface area contributed by atoms with E-state index in [4.69, 9.17) is 34.8 Å². The Labute approximate surface area is 119 Å². The lowest BCUT2D eigenvalue weighted by atomic mass is 10.1. The highest BCUT2D eigenvalue weighted by Crippen LogP contribution is 2.27. The van der Waals surface area contributed by atoms with E-state index in [0.717, 1.165) is 0 Å². The highest BCUT2D eigenvalue weighted by molar-refractivity contribution is 6.35. The van der Waals surface area contributed by atoms with Gasteiger partial charge in [0.15, 0.2) is 0 Å². The van der Waals surface area contributed by atoms with Gasteiger partial charge in [0.2, 0.25) is 5.28 Å². The van der Waals surface area contributed by atoms with E-state index >= 15 is 0 Å². The zero-order valence-electron chi connectivity index (χ0n) is 9.44. The van der Waals surface area contributed by atoms with Gasteiger partial charge in [-0.1, -0.05) is 29.3 Å². The van der Waals surface area contributed by atoms with Crippen molar-refractivity contribution in [2.75, 3.05) is 0 Å². The summed E-state index contributed by atoms with van der Waals surface area (Å²) in [6.45, 7) is 1.99. The van der Waals surface area contributed by atoms with E-state index in [1.165, 1.54) is 4.68 Å². The number of halogens is 3. The molecule has 0 bridgehead atoms. The number of nitrogens with zero attached hydrogens (tertiary/aromatic N) is 3. The zero-order chi connectivity index (χ0) is 13.3. The van der Waals surface area contributed by atoms with Gasteiger partial charge >= 0.3 is 0 Å². The Hall–Kier alpha value is -0.810. The van der Waals surface area contributed by atoms with Crippen LogP contribution in [-0.2, 0) is 6.54 Å². The normalized spacial score (nSPS) is 12.7. The third kappa shape index (κ3) is 2.95. The van der Waals surface area contributed by atoms with Crippen LogP contribution in [0.1, 0.15) is 17.5 Å². The molecule has 96 valence electrons. The number of hydrogen-bond acceptors (Lipinski definition) is 3. The number of benzene rings is 1. The molecule has 1 heterocycles. The second-order valence-electron chi connectivity index (χ2n) is 3.79. The van der Waals surface area contributed by atoms with Crippen molar-refractivity contribution in [1.29, 1.82) is 0 Å². The zero-order valence-corrected chi connectivity index (χ0v) is 11.7. The van der Waals surface area contributed by atoms with Crippen molar-refractivity contribution in [2.45, 2.75) is 19.6 Å². The molecule has 0 aliphatic carbocycles. The van der Waals surface area contributed by atoms with Crippen LogP contribution in [0.3, 0.4) is 0 Å². The van der Waals surface area contributed by atoms with E-state index in [2.05, 4.69) is 10.1 Å². The number of aryl methyl sites for hydroxylation is 1. The quantitative estimate of drug-likeness (QED) is 0.946. The summed E-state index contributed by atoms with van der Waals surface area (Å²) >= 11 is 17.5. The Morgan fingerprint density at radius 1 is 1.33 bits per heavy atom. The number of aliphatic hydroxyl groups excluding tert-OH is 1. The lowest BCUT2D eigenvalue weighted by Crippen LogP contribution is -2.11. The monoisotopic (exact) mass is 305 g/mol. The Kier molecular flexibility index (Phi) is 4.12. The highest BCUT2D eigenvalue weighted by Gasteiger charge is 2.15. The fourth-order valence-corrected chi connectivity index (χ4v) is 2.34. The van der Waals surface area contributed by atoms with Crippen LogP contribution in [0, 0.1) is 6.92 Å². The first-order valence-electron chi connectivity index (χ1n) is 5.17. The van der Waals surface area contributed by atoms with E-state index in [-0.39, 0.29) is 11.8 Å². The van der Waals surface area contributed by atoms with Crippen molar-refractivity contribution >= 4 is 34.8 Å². The third-order valence-corrected chi connectivity index (χ3v) is 3.22. The van der Waals surface area contributed by atoms with Crippen LogP contribution in [0.5, 0.6) is 0 Å². The fraction of sp³-hybridized carbons (Fsp3) is 0.273. The maximum absolute atomic E-state index is 10.1. The van der Waals surface area contributed by atoms with Gasteiger partial charge in [-0.15, -0.1) is 5.10 Å². The number of aliphatic hydroxyl groups is 1. The highest BCUT2D eigenvalue weighted by atomic mass is 35.5. The molecule has 0 saturated carbocycles. The summed E-state index contributed by atoms with van der Waals surface area (Å²) in [7, 11) is 0. The molecule has 0 radical (unpaired) electrons. The molecule has 0 saturated heterocycles.